The van der Waals surface area contributed by atoms with Gasteiger partial charge in [0.05, 0.1) is 0 Å². The van der Waals surface area contributed by atoms with Crippen molar-refractivity contribution < 1.29 is 0 Å². The molecule has 0 aliphatic carbocycles. The van der Waals surface area contributed by atoms with Gasteiger partial charge in [-0.1, -0.05) is 11.3 Å². The van der Waals surface area contributed by atoms with Gasteiger partial charge in [-0.2, -0.15) is 0 Å². The number of nitrogens with zero attached hydrogens (tertiary/aromatic N) is 3. The van der Waals surface area contributed by atoms with Gasteiger partial charge in [-0.05, 0) is 27.9 Å². The molecule has 1 N–H and O–H groups in total. The number of hydrogen-bond acceptors (Lipinski definition) is 5. The standard InChI is InChI=1S/C8H16N4S/c1-6(5-12(3)4)9-8-11-10-7(2)13-8/h6H,5H2,1-4H3,(H,9,11). The van der Waals surface area contributed by atoms with Crippen LogP contribution >= 0.6 is 11.3 Å². The second-order valence-electron chi connectivity index (χ2n) is 3.43. The minimum atomic E-state index is 0.405. The van der Waals surface area contributed by atoms with Gasteiger partial charge >= 0.3 is 0 Å². The third-order valence-corrected chi connectivity index (χ3v) is 2.30. The molecule has 0 aliphatic rings. The third-order valence-electron chi connectivity index (χ3n) is 1.53. The van der Waals surface area contributed by atoms with Crippen LogP contribution in [-0.4, -0.2) is 41.8 Å². The molecule has 0 saturated carbocycles. The summed E-state index contributed by atoms with van der Waals surface area (Å²) in [7, 11) is 4.12. The molecule has 0 aromatic carbocycles. The Morgan fingerprint density at radius 3 is 2.62 bits per heavy atom. The van der Waals surface area contributed by atoms with Crippen molar-refractivity contribution in [2.45, 2.75) is 19.9 Å². The maximum atomic E-state index is 4.00. The lowest BCUT2D eigenvalue weighted by Gasteiger charge is -2.17. The van der Waals surface area contributed by atoms with E-state index in [2.05, 4.69) is 41.4 Å². The van der Waals surface area contributed by atoms with E-state index in [1.807, 2.05) is 6.92 Å². The fourth-order valence-electron chi connectivity index (χ4n) is 1.16. The topological polar surface area (TPSA) is 41.1 Å². The average molecular weight is 200 g/mol. The number of likely N-dealkylation sites (N-methyl/N-ethyl adjacent to an activating group) is 1. The first-order valence-electron chi connectivity index (χ1n) is 4.29. The molecule has 0 saturated heterocycles. The van der Waals surface area contributed by atoms with Crippen molar-refractivity contribution in [2.24, 2.45) is 0 Å². The van der Waals surface area contributed by atoms with E-state index in [0.717, 1.165) is 16.7 Å². The zero-order chi connectivity index (χ0) is 9.84. The summed E-state index contributed by atoms with van der Waals surface area (Å²) in [6.07, 6.45) is 0. The Morgan fingerprint density at radius 1 is 1.46 bits per heavy atom. The van der Waals surface area contributed by atoms with Gasteiger partial charge < -0.3 is 10.2 Å². The van der Waals surface area contributed by atoms with Gasteiger partial charge in [0.1, 0.15) is 5.01 Å². The van der Waals surface area contributed by atoms with Gasteiger partial charge in [-0.25, -0.2) is 0 Å². The summed E-state index contributed by atoms with van der Waals surface area (Å²) < 4.78 is 0. The molecule has 1 aromatic rings. The van der Waals surface area contributed by atoms with Gasteiger partial charge in [0, 0.05) is 12.6 Å². The Hall–Kier alpha value is -0.680. The number of hydrogen-bond donors (Lipinski definition) is 1. The summed E-state index contributed by atoms with van der Waals surface area (Å²) in [6.45, 7) is 5.09. The maximum Gasteiger partial charge on any atom is 0.205 e. The van der Waals surface area contributed by atoms with Crippen LogP contribution in [0.5, 0.6) is 0 Å². The summed E-state index contributed by atoms with van der Waals surface area (Å²) in [4.78, 5) is 2.14. The summed E-state index contributed by atoms with van der Waals surface area (Å²) in [6, 6.07) is 0.405. The third kappa shape index (κ3) is 3.69. The molecule has 0 aliphatic heterocycles. The van der Waals surface area contributed by atoms with Gasteiger partial charge in [-0.3, -0.25) is 0 Å². The zero-order valence-electron chi connectivity index (χ0n) is 8.53. The van der Waals surface area contributed by atoms with Crippen LogP contribution in [0.4, 0.5) is 5.13 Å². The normalized spacial score (nSPS) is 13.3. The zero-order valence-corrected chi connectivity index (χ0v) is 9.35. The van der Waals surface area contributed by atoms with Gasteiger partial charge in [0.2, 0.25) is 5.13 Å². The summed E-state index contributed by atoms with van der Waals surface area (Å²) in [5.74, 6) is 0. The van der Waals surface area contributed by atoms with E-state index in [1.165, 1.54) is 0 Å². The predicted octanol–water partition coefficient (Wildman–Crippen LogP) is 1.21. The predicted molar refractivity (Wildman–Crippen MR) is 56.3 cm³/mol. The van der Waals surface area contributed by atoms with Gasteiger partial charge in [0.15, 0.2) is 0 Å². The van der Waals surface area contributed by atoms with E-state index >= 15 is 0 Å². The minimum absolute atomic E-state index is 0.405. The van der Waals surface area contributed by atoms with E-state index in [9.17, 15) is 0 Å². The molecule has 0 spiro atoms. The van der Waals surface area contributed by atoms with Crippen molar-refractivity contribution in [2.75, 3.05) is 26.0 Å². The number of aryl methyl sites for hydroxylation is 1. The Bertz CT molecular complexity index is 258. The highest BCUT2D eigenvalue weighted by Crippen LogP contribution is 2.14. The van der Waals surface area contributed by atoms with Gasteiger partial charge in [-0.15, -0.1) is 10.2 Å². The van der Waals surface area contributed by atoms with Crippen LogP contribution in [0.1, 0.15) is 11.9 Å². The van der Waals surface area contributed by atoms with Gasteiger partial charge in [0.25, 0.3) is 0 Å². The second-order valence-corrected chi connectivity index (χ2v) is 4.62. The van der Waals surface area contributed by atoms with Crippen molar-refractivity contribution in [3.63, 3.8) is 0 Å². The van der Waals surface area contributed by atoms with Crippen LogP contribution in [0.2, 0.25) is 0 Å². The Labute approximate surface area is 83.0 Å². The molecule has 0 radical (unpaired) electrons. The van der Waals surface area contributed by atoms with Crippen LogP contribution in [0.25, 0.3) is 0 Å². The highest BCUT2D eigenvalue weighted by atomic mass is 32.1. The lowest BCUT2D eigenvalue weighted by atomic mass is 10.3. The molecular formula is C8H16N4S. The number of anilines is 1. The Kier molecular flexibility index (Phi) is 3.62. The van der Waals surface area contributed by atoms with Crippen molar-refractivity contribution in [1.82, 2.24) is 15.1 Å². The van der Waals surface area contributed by atoms with Crippen molar-refractivity contribution in [3.8, 4) is 0 Å². The van der Waals surface area contributed by atoms with Crippen LogP contribution in [0.3, 0.4) is 0 Å². The molecule has 1 rings (SSSR count). The molecule has 0 bridgehead atoms. The summed E-state index contributed by atoms with van der Waals surface area (Å²) in [5, 5.41) is 13.1. The van der Waals surface area contributed by atoms with E-state index < -0.39 is 0 Å². The molecule has 0 fully saturated rings. The first-order valence-corrected chi connectivity index (χ1v) is 5.11. The molecule has 1 atom stereocenters. The molecule has 0 amide bonds. The van der Waals surface area contributed by atoms with E-state index in [0.29, 0.717) is 6.04 Å². The fraction of sp³-hybridized carbons (Fsp3) is 0.750. The number of rotatable bonds is 4. The highest BCUT2D eigenvalue weighted by Gasteiger charge is 2.05. The fourth-order valence-corrected chi connectivity index (χ4v) is 1.86. The largest absolute Gasteiger partial charge is 0.356 e. The molecule has 13 heavy (non-hydrogen) atoms. The van der Waals surface area contributed by atoms with Crippen LogP contribution in [-0.2, 0) is 0 Å². The summed E-state index contributed by atoms with van der Waals surface area (Å²) >= 11 is 1.59. The lowest BCUT2D eigenvalue weighted by Crippen LogP contribution is -2.29. The van der Waals surface area contributed by atoms with Crippen molar-refractivity contribution >= 4 is 16.5 Å². The summed E-state index contributed by atoms with van der Waals surface area (Å²) in [5.41, 5.74) is 0. The lowest BCUT2D eigenvalue weighted by molar-refractivity contribution is 0.392. The smallest absolute Gasteiger partial charge is 0.205 e. The number of aromatic nitrogens is 2. The Balaban J connectivity index is 2.40. The van der Waals surface area contributed by atoms with E-state index in [1.54, 1.807) is 11.3 Å². The monoisotopic (exact) mass is 200 g/mol. The SMILES string of the molecule is Cc1nnc(NC(C)CN(C)C)s1. The maximum absolute atomic E-state index is 4.00. The van der Waals surface area contributed by atoms with Crippen LogP contribution in [0, 0.1) is 6.92 Å². The number of nitrogens with one attached hydrogen (secondary N) is 1. The van der Waals surface area contributed by atoms with Crippen LogP contribution in [0.15, 0.2) is 0 Å². The molecule has 1 heterocycles. The molecule has 1 aromatic heterocycles. The molecular weight excluding hydrogens is 184 g/mol. The highest BCUT2D eigenvalue weighted by molar-refractivity contribution is 7.15. The first kappa shape index (κ1) is 10.4. The first-order chi connectivity index (χ1) is 6.08. The van der Waals surface area contributed by atoms with E-state index in [-0.39, 0.29) is 0 Å². The molecule has 4 nitrogen and oxygen atoms in total. The molecule has 1 unspecified atom stereocenters. The molecule has 74 valence electrons. The molecule has 5 heteroatoms. The van der Waals surface area contributed by atoms with Crippen LogP contribution < -0.4 is 5.32 Å². The van der Waals surface area contributed by atoms with Crippen molar-refractivity contribution in [1.29, 1.82) is 0 Å². The second kappa shape index (κ2) is 4.53. The van der Waals surface area contributed by atoms with E-state index in [4.69, 9.17) is 0 Å². The Morgan fingerprint density at radius 2 is 2.15 bits per heavy atom. The van der Waals surface area contributed by atoms with Crippen molar-refractivity contribution in [3.05, 3.63) is 5.01 Å². The average Bonchev–Trinajstić information content (AvgIpc) is 2.33. The quantitative estimate of drug-likeness (QED) is 0.793. The minimum Gasteiger partial charge on any atom is -0.356 e.